The van der Waals surface area contributed by atoms with Crippen molar-refractivity contribution < 1.29 is 9.18 Å². The Balaban J connectivity index is 1.32. The first-order valence-electron chi connectivity index (χ1n) is 10.6. The predicted octanol–water partition coefficient (Wildman–Crippen LogP) is 2.61. The van der Waals surface area contributed by atoms with Crippen LogP contribution < -0.4 is 4.90 Å². The monoisotopic (exact) mass is 431 g/mol. The highest BCUT2D eigenvalue weighted by atomic mass is 19.1. The molecule has 1 fully saturated rings. The molecule has 0 N–H and O–H groups in total. The van der Waals surface area contributed by atoms with Crippen molar-refractivity contribution in [2.45, 2.75) is 12.8 Å². The number of carbonyl (C=O) groups excluding carboxylic acids is 1. The second-order valence-electron chi connectivity index (χ2n) is 7.71. The van der Waals surface area contributed by atoms with Gasteiger partial charge in [-0.05, 0) is 42.3 Å². The van der Waals surface area contributed by atoms with Crippen molar-refractivity contribution in [3.05, 3.63) is 72.3 Å². The van der Waals surface area contributed by atoms with E-state index in [9.17, 15) is 9.18 Å². The van der Waals surface area contributed by atoms with Gasteiger partial charge in [0.25, 0.3) is 0 Å². The topological polar surface area (TPSA) is 79.5 Å². The highest BCUT2D eigenvalue weighted by molar-refractivity contribution is 5.79. The van der Waals surface area contributed by atoms with Crippen LogP contribution in [0.4, 0.5) is 10.2 Å². The number of amides is 1. The Morgan fingerprint density at radius 1 is 0.938 bits per heavy atom. The third-order valence-electron chi connectivity index (χ3n) is 5.66. The van der Waals surface area contributed by atoms with Crippen LogP contribution in [0.5, 0.6) is 0 Å². The van der Waals surface area contributed by atoms with E-state index in [4.69, 9.17) is 5.10 Å². The Bertz CT molecular complexity index is 1240. The van der Waals surface area contributed by atoms with Crippen LogP contribution >= 0.6 is 0 Å². The third-order valence-corrected chi connectivity index (χ3v) is 5.66. The number of benzene rings is 1. The van der Waals surface area contributed by atoms with Crippen LogP contribution in [-0.2, 0) is 11.2 Å². The van der Waals surface area contributed by atoms with Gasteiger partial charge in [-0.25, -0.2) is 4.39 Å². The molecule has 0 bridgehead atoms. The van der Waals surface area contributed by atoms with Gasteiger partial charge in [-0.15, -0.1) is 15.3 Å². The fourth-order valence-electron chi connectivity index (χ4n) is 3.94. The molecule has 0 unspecified atom stereocenters. The maximum absolute atomic E-state index is 13.9. The summed E-state index contributed by atoms with van der Waals surface area (Å²) in [4.78, 5) is 20.8. The second-order valence-corrected chi connectivity index (χ2v) is 7.71. The van der Waals surface area contributed by atoms with Crippen LogP contribution in [-0.4, -0.2) is 61.8 Å². The fourth-order valence-corrected chi connectivity index (χ4v) is 3.94. The van der Waals surface area contributed by atoms with Crippen LogP contribution in [0, 0.1) is 5.82 Å². The number of aromatic nitrogens is 5. The normalized spacial score (nSPS) is 14.5. The average Bonchev–Trinajstić information content (AvgIpc) is 3.08. The van der Waals surface area contributed by atoms with Crippen molar-refractivity contribution in [3.8, 4) is 11.4 Å². The number of hydrogen-bond acceptors (Lipinski definition) is 6. The van der Waals surface area contributed by atoms with E-state index in [0.29, 0.717) is 36.7 Å². The number of hydrogen-bond donors (Lipinski definition) is 0. The molecule has 9 heteroatoms. The summed E-state index contributed by atoms with van der Waals surface area (Å²) in [5, 5.41) is 13.3. The molecule has 0 saturated carbocycles. The Hall–Kier alpha value is -3.88. The van der Waals surface area contributed by atoms with E-state index in [2.05, 4.69) is 20.1 Å². The summed E-state index contributed by atoms with van der Waals surface area (Å²) in [6, 6.07) is 14.0. The molecule has 0 spiro atoms. The van der Waals surface area contributed by atoms with Gasteiger partial charge in [0, 0.05) is 44.1 Å². The standard InChI is InChI=1S/C23H22FN7O/c24-19-5-2-1-4-18(19)16-22(32)30-13-3-12-29(14-15-30)21-7-6-20-26-27-23(31(20)28-21)17-8-10-25-11-9-17/h1-2,4-11H,3,12-16H2. The van der Waals surface area contributed by atoms with Gasteiger partial charge >= 0.3 is 0 Å². The van der Waals surface area contributed by atoms with E-state index >= 15 is 0 Å². The highest BCUT2D eigenvalue weighted by Gasteiger charge is 2.21. The van der Waals surface area contributed by atoms with Crippen molar-refractivity contribution in [1.29, 1.82) is 0 Å². The lowest BCUT2D eigenvalue weighted by atomic mass is 10.1. The molecule has 1 aliphatic heterocycles. The minimum Gasteiger partial charge on any atom is -0.353 e. The van der Waals surface area contributed by atoms with Gasteiger partial charge in [-0.2, -0.15) is 4.52 Å². The molecule has 8 nitrogen and oxygen atoms in total. The predicted molar refractivity (Wildman–Crippen MR) is 118 cm³/mol. The van der Waals surface area contributed by atoms with E-state index in [1.165, 1.54) is 6.07 Å². The van der Waals surface area contributed by atoms with Gasteiger partial charge in [0.2, 0.25) is 5.91 Å². The van der Waals surface area contributed by atoms with Crippen LogP contribution in [0.1, 0.15) is 12.0 Å². The number of rotatable bonds is 4. The van der Waals surface area contributed by atoms with E-state index in [-0.39, 0.29) is 18.1 Å². The summed E-state index contributed by atoms with van der Waals surface area (Å²) in [7, 11) is 0. The summed E-state index contributed by atoms with van der Waals surface area (Å²) in [5.74, 6) is 1.06. The zero-order chi connectivity index (χ0) is 21.9. The van der Waals surface area contributed by atoms with Crippen molar-refractivity contribution in [3.63, 3.8) is 0 Å². The van der Waals surface area contributed by atoms with Crippen molar-refractivity contribution in [2.24, 2.45) is 0 Å². The quantitative estimate of drug-likeness (QED) is 0.494. The lowest BCUT2D eigenvalue weighted by molar-refractivity contribution is -0.130. The third kappa shape index (κ3) is 4.01. The fraction of sp³-hybridized carbons (Fsp3) is 0.261. The van der Waals surface area contributed by atoms with E-state index in [1.807, 2.05) is 29.2 Å². The largest absolute Gasteiger partial charge is 0.353 e. The SMILES string of the molecule is O=C(Cc1ccccc1F)N1CCCN(c2ccc3nnc(-c4ccncc4)n3n2)CC1. The number of carbonyl (C=O) groups is 1. The van der Waals surface area contributed by atoms with Crippen molar-refractivity contribution >= 4 is 17.4 Å². The lowest BCUT2D eigenvalue weighted by Crippen LogP contribution is -2.36. The number of anilines is 1. The van der Waals surface area contributed by atoms with Crippen molar-refractivity contribution in [1.82, 2.24) is 29.7 Å². The van der Waals surface area contributed by atoms with Crippen LogP contribution in [0.15, 0.2) is 60.9 Å². The van der Waals surface area contributed by atoms with Gasteiger partial charge in [-0.1, -0.05) is 18.2 Å². The van der Waals surface area contributed by atoms with Gasteiger partial charge < -0.3 is 9.80 Å². The highest BCUT2D eigenvalue weighted by Crippen LogP contribution is 2.20. The minimum atomic E-state index is -0.339. The van der Waals surface area contributed by atoms with E-state index in [0.717, 1.165) is 24.3 Å². The Morgan fingerprint density at radius 3 is 2.62 bits per heavy atom. The summed E-state index contributed by atoms with van der Waals surface area (Å²) < 4.78 is 15.7. The summed E-state index contributed by atoms with van der Waals surface area (Å²) >= 11 is 0. The first-order valence-corrected chi connectivity index (χ1v) is 10.6. The molecule has 162 valence electrons. The Labute approximate surface area is 184 Å². The molecular weight excluding hydrogens is 409 g/mol. The summed E-state index contributed by atoms with van der Waals surface area (Å²) in [6.07, 6.45) is 4.30. The zero-order valence-corrected chi connectivity index (χ0v) is 17.4. The maximum atomic E-state index is 13.9. The molecule has 0 radical (unpaired) electrons. The van der Waals surface area contributed by atoms with E-state index < -0.39 is 0 Å². The van der Waals surface area contributed by atoms with Crippen LogP contribution in [0.25, 0.3) is 17.0 Å². The van der Waals surface area contributed by atoms with Gasteiger partial charge in [0.15, 0.2) is 11.5 Å². The Kier molecular flexibility index (Phi) is 5.45. The van der Waals surface area contributed by atoms with Crippen LogP contribution in [0.3, 0.4) is 0 Å². The van der Waals surface area contributed by atoms with Gasteiger partial charge in [0.1, 0.15) is 11.6 Å². The molecule has 1 aromatic carbocycles. The number of halogens is 1. The number of pyridine rings is 1. The maximum Gasteiger partial charge on any atom is 0.227 e. The molecule has 4 aromatic rings. The molecule has 5 rings (SSSR count). The molecule has 3 aromatic heterocycles. The Morgan fingerprint density at radius 2 is 1.78 bits per heavy atom. The van der Waals surface area contributed by atoms with Gasteiger partial charge in [0.05, 0.1) is 6.42 Å². The molecule has 1 saturated heterocycles. The molecule has 1 amide bonds. The molecule has 1 aliphatic rings. The summed E-state index contributed by atoms with van der Waals surface area (Å²) in [6.45, 7) is 2.62. The molecule has 32 heavy (non-hydrogen) atoms. The average molecular weight is 431 g/mol. The minimum absolute atomic E-state index is 0.0563. The molecule has 4 heterocycles. The first kappa shape index (κ1) is 20.0. The molecule has 0 aliphatic carbocycles. The first-order chi connectivity index (χ1) is 15.7. The molecular formula is C23H22FN7O. The number of nitrogens with zero attached hydrogens (tertiary/aromatic N) is 7. The summed E-state index contributed by atoms with van der Waals surface area (Å²) in [5.41, 5.74) is 1.98. The van der Waals surface area contributed by atoms with Crippen molar-refractivity contribution in [2.75, 3.05) is 31.1 Å². The zero-order valence-electron chi connectivity index (χ0n) is 17.4. The molecule has 0 atom stereocenters. The smallest absolute Gasteiger partial charge is 0.227 e. The number of fused-ring (bicyclic) bond motifs is 1. The van der Waals surface area contributed by atoms with Crippen LogP contribution in [0.2, 0.25) is 0 Å². The van der Waals surface area contributed by atoms with Gasteiger partial charge in [-0.3, -0.25) is 9.78 Å². The lowest BCUT2D eigenvalue weighted by Gasteiger charge is -2.23. The second kappa shape index (κ2) is 8.70. The van der Waals surface area contributed by atoms with E-state index in [1.54, 1.807) is 35.1 Å².